The maximum absolute atomic E-state index is 11.7. The molecule has 0 saturated carbocycles. The molecule has 0 aliphatic carbocycles. The molecule has 2 aliphatic rings. The van der Waals surface area contributed by atoms with E-state index in [1.165, 1.54) is 35.6 Å². The molecule has 1 N–H and O–H groups in total. The zero-order valence-electron chi connectivity index (χ0n) is 21.3. The Kier molecular flexibility index (Phi) is 8.17. The summed E-state index contributed by atoms with van der Waals surface area (Å²) < 4.78 is 12.0. The lowest BCUT2D eigenvalue weighted by Crippen LogP contribution is -2.36. The number of anilines is 3. The molecule has 0 atom stereocenters. The number of hydrogen-bond donors (Lipinski definition) is 1. The van der Waals surface area contributed by atoms with Crippen molar-refractivity contribution in [1.29, 1.82) is 0 Å². The highest BCUT2D eigenvalue weighted by Gasteiger charge is 2.23. The van der Waals surface area contributed by atoms with Crippen molar-refractivity contribution >= 4 is 41.1 Å². The minimum Gasteiger partial charge on any atom is -0.378 e. The van der Waals surface area contributed by atoms with E-state index < -0.39 is 9.85 Å². The van der Waals surface area contributed by atoms with Gasteiger partial charge in [-0.2, -0.15) is 14.9 Å². The van der Waals surface area contributed by atoms with Gasteiger partial charge in [0, 0.05) is 49.4 Å². The highest BCUT2D eigenvalue weighted by atomic mass is 16.6. The molecule has 5 rings (SSSR count). The fourth-order valence-electron chi connectivity index (χ4n) is 4.36. The van der Waals surface area contributed by atoms with E-state index in [0.717, 1.165) is 0 Å². The molecule has 3 aromatic rings. The fourth-order valence-corrected chi connectivity index (χ4v) is 4.36. The third-order valence-electron chi connectivity index (χ3n) is 6.34. The molecular weight excluding hydrogens is 524 g/mol. The summed E-state index contributed by atoms with van der Waals surface area (Å²) in [5.41, 5.74) is 4.76. The van der Waals surface area contributed by atoms with Gasteiger partial charge in [-0.05, 0) is 12.1 Å². The molecule has 0 radical (unpaired) electrons. The van der Waals surface area contributed by atoms with Gasteiger partial charge in [-0.15, -0.1) is 10.2 Å². The van der Waals surface area contributed by atoms with Gasteiger partial charge in [-0.25, -0.2) is 5.43 Å². The smallest absolute Gasteiger partial charge is 0.293 e. The first-order chi connectivity index (χ1) is 19.5. The number of nitrogens with zero attached hydrogens (tertiary/aromatic N) is 9. The maximum atomic E-state index is 11.7. The molecule has 0 amide bonds. The average molecular weight is 551 g/mol. The first-order valence-corrected chi connectivity index (χ1v) is 12.5. The first kappa shape index (κ1) is 26.6. The maximum Gasteiger partial charge on any atom is 0.293 e. The van der Waals surface area contributed by atoms with E-state index in [4.69, 9.17) is 9.47 Å². The highest BCUT2D eigenvalue weighted by molar-refractivity contribution is 5.84. The topological polar surface area (TPSA) is 179 Å². The quantitative estimate of drug-likeness (QED) is 0.234. The number of ether oxygens (including phenoxy) is 2. The number of benzene rings is 2. The van der Waals surface area contributed by atoms with Gasteiger partial charge in [0.15, 0.2) is 0 Å². The molecular formula is C24H26N10O6. The standard InChI is InChI=1S/C24H26N10O6/c35-33(36)22-13-18(1-3-20(22)30-5-9-39-10-6-30)15-25-28-24-29-26-17-32(24)27-16-19-2-4-21(23(14-19)34(37)38)31-7-11-40-12-8-31/h1-4,13-17H,5-12H2,(H,28,29)/b25-15-,27-16-. The summed E-state index contributed by atoms with van der Waals surface area (Å²) in [5.74, 6) is 0.173. The van der Waals surface area contributed by atoms with Crippen LogP contribution in [0.5, 0.6) is 0 Å². The number of hydrazone groups is 1. The first-order valence-electron chi connectivity index (χ1n) is 12.5. The SMILES string of the molecule is O=[N+]([O-])c1cc(/C=N\Nc2nncn2/N=C\c2ccc(N3CCOCC3)c([N+](=O)[O-])c2)ccc1N1CCOCC1. The number of nitro groups is 2. The molecule has 208 valence electrons. The van der Waals surface area contributed by atoms with E-state index in [9.17, 15) is 20.2 Å². The predicted molar refractivity (Wildman–Crippen MR) is 146 cm³/mol. The minimum atomic E-state index is -0.418. The van der Waals surface area contributed by atoms with E-state index in [1.54, 1.807) is 24.3 Å². The summed E-state index contributed by atoms with van der Waals surface area (Å²) in [7, 11) is 0. The van der Waals surface area contributed by atoms with E-state index >= 15 is 0 Å². The number of hydrogen-bond acceptors (Lipinski definition) is 13. The van der Waals surface area contributed by atoms with Crippen LogP contribution in [-0.2, 0) is 9.47 Å². The number of nitro benzene ring substituents is 2. The molecule has 0 bridgehead atoms. The van der Waals surface area contributed by atoms with Crippen LogP contribution in [0, 0.1) is 20.2 Å². The van der Waals surface area contributed by atoms with Crippen LogP contribution in [0.25, 0.3) is 0 Å². The molecule has 2 aliphatic heterocycles. The Morgan fingerprint density at radius 3 is 1.88 bits per heavy atom. The number of aromatic nitrogens is 3. The van der Waals surface area contributed by atoms with Crippen LogP contribution in [0.3, 0.4) is 0 Å². The van der Waals surface area contributed by atoms with Crippen LogP contribution in [0.1, 0.15) is 11.1 Å². The number of morpholine rings is 2. The zero-order valence-corrected chi connectivity index (χ0v) is 21.3. The fraction of sp³-hybridized carbons (Fsp3) is 0.333. The molecule has 0 spiro atoms. The summed E-state index contributed by atoms with van der Waals surface area (Å²) in [6, 6.07) is 9.78. The Labute approximate surface area is 227 Å². The summed E-state index contributed by atoms with van der Waals surface area (Å²) in [6.07, 6.45) is 4.21. The van der Waals surface area contributed by atoms with Crippen molar-refractivity contribution in [3.8, 4) is 0 Å². The lowest BCUT2D eigenvalue weighted by atomic mass is 10.1. The molecule has 40 heavy (non-hydrogen) atoms. The van der Waals surface area contributed by atoms with Crippen molar-refractivity contribution in [3.05, 3.63) is 74.1 Å². The van der Waals surface area contributed by atoms with Gasteiger partial charge >= 0.3 is 0 Å². The predicted octanol–water partition coefficient (Wildman–Crippen LogP) is 2.10. The van der Waals surface area contributed by atoms with E-state index in [1.807, 2.05) is 9.80 Å². The zero-order chi connectivity index (χ0) is 27.9. The molecule has 16 nitrogen and oxygen atoms in total. The Bertz CT molecular complexity index is 1430. The Balaban J connectivity index is 1.27. The molecule has 0 unspecified atom stereocenters. The van der Waals surface area contributed by atoms with E-state index in [-0.39, 0.29) is 17.3 Å². The highest BCUT2D eigenvalue weighted by Crippen LogP contribution is 2.30. The van der Waals surface area contributed by atoms with Gasteiger partial charge in [-0.1, -0.05) is 12.1 Å². The second-order valence-corrected chi connectivity index (χ2v) is 8.82. The Morgan fingerprint density at radius 2 is 1.35 bits per heavy atom. The summed E-state index contributed by atoms with van der Waals surface area (Å²) in [4.78, 5) is 26.4. The summed E-state index contributed by atoms with van der Waals surface area (Å²) >= 11 is 0. The van der Waals surface area contributed by atoms with Crippen molar-refractivity contribution in [3.63, 3.8) is 0 Å². The molecule has 3 heterocycles. The van der Waals surface area contributed by atoms with Crippen LogP contribution in [0.2, 0.25) is 0 Å². The largest absolute Gasteiger partial charge is 0.378 e. The molecule has 2 fully saturated rings. The van der Waals surface area contributed by atoms with Gasteiger partial charge in [0.05, 0.1) is 48.7 Å². The second-order valence-electron chi connectivity index (χ2n) is 8.82. The van der Waals surface area contributed by atoms with Crippen molar-refractivity contribution in [2.24, 2.45) is 10.2 Å². The molecule has 16 heteroatoms. The van der Waals surface area contributed by atoms with Crippen molar-refractivity contribution in [2.45, 2.75) is 0 Å². The van der Waals surface area contributed by atoms with Gasteiger partial charge in [-0.3, -0.25) is 20.2 Å². The summed E-state index contributed by atoms with van der Waals surface area (Å²) in [6.45, 7) is 4.39. The van der Waals surface area contributed by atoms with E-state index in [0.29, 0.717) is 75.1 Å². The van der Waals surface area contributed by atoms with Crippen LogP contribution >= 0.6 is 0 Å². The van der Waals surface area contributed by atoms with Crippen LogP contribution in [0.15, 0.2) is 52.9 Å². The Morgan fingerprint density at radius 1 is 0.825 bits per heavy atom. The third kappa shape index (κ3) is 6.19. The van der Waals surface area contributed by atoms with Crippen molar-refractivity contribution < 1.29 is 19.3 Å². The van der Waals surface area contributed by atoms with Crippen LogP contribution in [-0.4, -0.2) is 89.8 Å². The average Bonchev–Trinajstić information content (AvgIpc) is 3.44. The van der Waals surface area contributed by atoms with Crippen LogP contribution < -0.4 is 15.2 Å². The summed E-state index contributed by atoms with van der Waals surface area (Å²) in [5, 5.41) is 39.5. The van der Waals surface area contributed by atoms with Gasteiger partial charge in [0.25, 0.3) is 17.3 Å². The van der Waals surface area contributed by atoms with E-state index in [2.05, 4.69) is 25.8 Å². The van der Waals surface area contributed by atoms with Crippen LogP contribution in [0.4, 0.5) is 28.7 Å². The van der Waals surface area contributed by atoms with Crippen molar-refractivity contribution in [2.75, 3.05) is 67.8 Å². The lowest BCUT2D eigenvalue weighted by Gasteiger charge is -2.28. The third-order valence-corrected chi connectivity index (χ3v) is 6.34. The number of rotatable bonds is 9. The number of nitrogens with one attached hydrogen (secondary N) is 1. The second kappa shape index (κ2) is 12.3. The van der Waals surface area contributed by atoms with Gasteiger partial charge in [0.2, 0.25) is 0 Å². The lowest BCUT2D eigenvalue weighted by molar-refractivity contribution is -0.384. The molecule has 2 saturated heterocycles. The normalized spacial score (nSPS) is 16.1. The Hall–Kier alpha value is -4.96. The minimum absolute atomic E-state index is 0.0210. The van der Waals surface area contributed by atoms with Gasteiger partial charge in [0.1, 0.15) is 17.7 Å². The van der Waals surface area contributed by atoms with Gasteiger partial charge < -0.3 is 19.3 Å². The molecule has 1 aromatic heterocycles. The monoisotopic (exact) mass is 550 g/mol. The van der Waals surface area contributed by atoms with Crippen molar-refractivity contribution in [1.82, 2.24) is 14.9 Å². The molecule has 2 aromatic carbocycles.